The Balaban J connectivity index is 1.81. The van der Waals surface area contributed by atoms with Crippen LogP contribution in [0.5, 0.6) is 0 Å². The van der Waals surface area contributed by atoms with Crippen molar-refractivity contribution < 1.29 is 14.1 Å². The molecule has 2 saturated heterocycles. The van der Waals surface area contributed by atoms with Gasteiger partial charge in [-0.2, -0.15) is 3.71 Å². The summed E-state index contributed by atoms with van der Waals surface area (Å²) in [4.78, 5) is 28.2. The van der Waals surface area contributed by atoms with E-state index in [9.17, 15) is 14.1 Å². The summed E-state index contributed by atoms with van der Waals surface area (Å²) in [6, 6.07) is 5.15. The van der Waals surface area contributed by atoms with Crippen LogP contribution >= 0.6 is 22.1 Å². The number of carbonyl (C=O) groups excluding carboxylic acids is 2. The normalized spacial score (nSPS) is 22.8. The van der Waals surface area contributed by atoms with E-state index in [0.717, 1.165) is 36.1 Å². The molecule has 2 aliphatic rings. The number of thiol groups is 1. The minimum Gasteiger partial charge on any atom is -0.315 e. The fourth-order valence-corrected chi connectivity index (χ4v) is 4.61. The van der Waals surface area contributed by atoms with Crippen molar-refractivity contribution in [3.63, 3.8) is 0 Å². The summed E-state index contributed by atoms with van der Waals surface area (Å²) in [6.07, 6.45) is 3.09. The Morgan fingerprint density at radius 2 is 2.04 bits per heavy atom. The van der Waals surface area contributed by atoms with E-state index >= 15 is 0 Å². The van der Waals surface area contributed by atoms with Gasteiger partial charge < -0.3 is 14.4 Å². The van der Waals surface area contributed by atoms with Crippen molar-refractivity contribution in [2.45, 2.75) is 31.7 Å². The molecule has 136 valence electrons. The lowest BCUT2D eigenvalue weighted by molar-refractivity contribution is -0.120. The van der Waals surface area contributed by atoms with Crippen LogP contribution in [0.15, 0.2) is 18.2 Å². The summed E-state index contributed by atoms with van der Waals surface area (Å²) in [7, 11) is 1.17. The van der Waals surface area contributed by atoms with Gasteiger partial charge in [0.05, 0.1) is 15.6 Å². The average molecular weight is 418 g/mol. The van der Waals surface area contributed by atoms with Gasteiger partial charge in [-0.1, -0.05) is 12.8 Å². The lowest BCUT2D eigenvalue weighted by Gasteiger charge is -2.28. The summed E-state index contributed by atoms with van der Waals surface area (Å²) in [6.45, 7) is 1.27. The lowest BCUT2D eigenvalue weighted by Crippen LogP contribution is -2.39. The number of carbonyl (C=O) groups is 2. The van der Waals surface area contributed by atoms with E-state index in [1.165, 1.54) is 3.71 Å². The highest BCUT2D eigenvalue weighted by molar-refractivity contribution is 8.27. The Bertz CT molecular complexity index is 733. The molecular weight excluding hydrogens is 397 g/mol. The first-order chi connectivity index (χ1) is 11.9. The summed E-state index contributed by atoms with van der Waals surface area (Å²) >= 11 is 8.94. The Kier molecular flexibility index (Phi) is 6.13. The van der Waals surface area contributed by atoms with Crippen molar-refractivity contribution in [1.29, 1.82) is 0 Å². The van der Waals surface area contributed by atoms with Gasteiger partial charge in [-0.05, 0) is 54.0 Å². The molecule has 0 saturated carbocycles. The molecule has 3 atom stereocenters. The fourth-order valence-electron chi connectivity index (χ4n) is 3.25. The molecule has 3 rings (SSSR count). The second-order valence-corrected chi connectivity index (χ2v) is 9.15. The van der Waals surface area contributed by atoms with Crippen LogP contribution in [-0.2, 0) is 30.7 Å². The zero-order valence-corrected chi connectivity index (χ0v) is 17.2. The Labute approximate surface area is 162 Å². The van der Waals surface area contributed by atoms with Crippen LogP contribution < -0.4 is 15.1 Å². The third-order valence-corrected chi connectivity index (χ3v) is 7.13. The zero-order chi connectivity index (χ0) is 18.1. The zero-order valence-electron chi connectivity index (χ0n) is 13.5. The predicted octanol–water partition coefficient (Wildman–Crippen LogP) is 1.42. The molecule has 2 heterocycles. The summed E-state index contributed by atoms with van der Waals surface area (Å²) in [5.74, 6) is 0.0174. The fraction of sp³-hybridized carbons (Fsp3) is 0.467. The third kappa shape index (κ3) is 3.91. The molecule has 6 nitrogen and oxygen atoms in total. The SMILES string of the molecule is O=C1CCCCN1c1ccc(N2CCC(N(S)S(O)=S)C2=O)c(P)c1. The molecular formula is C15H20N3O3PS3. The first kappa shape index (κ1) is 19.2. The van der Waals surface area contributed by atoms with E-state index in [1.807, 2.05) is 18.2 Å². The highest BCUT2D eigenvalue weighted by Crippen LogP contribution is 2.29. The molecule has 25 heavy (non-hydrogen) atoms. The second kappa shape index (κ2) is 7.98. The number of hydrogen-bond donors (Lipinski definition) is 2. The van der Waals surface area contributed by atoms with Crippen molar-refractivity contribution in [2.24, 2.45) is 0 Å². The number of piperidine rings is 1. The van der Waals surface area contributed by atoms with Gasteiger partial charge in [-0.25, -0.2) is 0 Å². The predicted molar refractivity (Wildman–Crippen MR) is 111 cm³/mol. The van der Waals surface area contributed by atoms with E-state index in [0.29, 0.717) is 19.4 Å². The Morgan fingerprint density at radius 3 is 2.68 bits per heavy atom. The van der Waals surface area contributed by atoms with Crippen molar-refractivity contribution in [2.75, 3.05) is 22.9 Å². The summed E-state index contributed by atoms with van der Waals surface area (Å²) in [5.41, 5.74) is 1.65. The summed E-state index contributed by atoms with van der Waals surface area (Å²) < 4.78 is 10.7. The number of hydrogen-bond acceptors (Lipinski definition) is 4. The number of rotatable bonds is 4. The first-order valence-electron chi connectivity index (χ1n) is 8.00. The lowest BCUT2D eigenvalue weighted by atomic mass is 10.1. The first-order valence-corrected chi connectivity index (χ1v) is 11.0. The van der Waals surface area contributed by atoms with Gasteiger partial charge in [0.1, 0.15) is 6.04 Å². The monoisotopic (exact) mass is 417 g/mol. The van der Waals surface area contributed by atoms with Crippen molar-refractivity contribution >= 4 is 71.7 Å². The van der Waals surface area contributed by atoms with Crippen molar-refractivity contribution in [3.8, 4) is 0 Å². The van der Waals surface area contributed by atoms with E-state index < -0.39 is 16.0 Å². The van der Waals surface area contributed by atoms with Crippen LogP contribution in [0.4, 0.5) is 11.4 Å². The maximum absolute atomic E-state index is 12.7. The van der Waals surface area contributed by atoms with E-state index in [4.69, 9.17) is 11.2 Å². The molecule has 0 radical (unpaired) electrons. The van der Waals surface area contributed by atoms with Gasteiger partial charge in [0.15, 0.2) is 0 Å². The van der Waals surface area contributed by atoms with Gasteiger partial charge in [-0.15, -0.1) is 9.24 Å². The molecule has 2 fully saturated rings. The smallest absolute Gasteiger partial charge is 0.246 e. The van der Waals surface area contributed by atoms with Crippen LogP contribution in [0.2, 0.25) is 0 Å². The topological polar surface area (TPSA) is 64.1 Å². The molecule has 2 aliphatic heterocycles. The van der Waals surface area contributed by atoms with Gasteiger partial charge in [0.25, 0.3) is 0 Å². The van der Waals surface area contributed by atoms with Gasteiger partial charge in [0.2, 0.25) is 11.8 Å². The van der Waals surface area contributed by atoms with Crippen LogP contribution in [-0.4, -0.2) is 39.2 Å². The average Bonchev–Trinajstić information content (AvgIpc) is 2.95. The standard InChI is InChI=1S/C15H20N3O3PS3/c19-14-3-1-2-7-16(14)10-4-5-11(13(22)9-10)17-8-6-12(15(17)20)18(23)25(21)24/h4-5,9,12,23H,1-3,6-8,22H2,(H,21,24). The van der Waals surface area contributed by atoms with Crippen molar-refractivity contribution in [3.05, 3.63) is 18.2 Å². The minimum absolute atomic E-state index is 0.128. The number of anilines is 2. The summed E-state index contributed by atoms with van der Waals surface area (Å²) in [5, 5.41) is 0.858. The number of nitrogens with zero attached hydrogens (tertiary/aromatic N) is 3. The largest absolute Gasteiger partial charge is 0.315 e. The highest BCUT2D eigenvalue weighted by Gasteiger charge is 2.37. The van der Waals surface area contributed by atoms with Crippen LogP contribution in [0, 0.1) is 0 Å². The van der Waals surface area contributed by atoms with E-state index in [2.05, 4.69) is 22.1 Å². The van der Waals surface area contributed by atoms with Gasteiger partial charge >= 0.3 is 0 Å². The van der Waals surface area contributed by atoms with Crippen LogP contribution in [0.3, 0.4) is 0 Å². The maximum Gasteiger partial charge on any atom is 0.246 e. The molecule has 0 aromatic heterocycles. The maximum atomic E-state index is 12.7. The van der Waals surface area contributed by atoms with E-state index in [1.54, 1.807) is 9.80 Å². The molecule has 10 heteroatoms. The van der Waals surface area contributed by atoms with Crippen LogP contribution in [0.1, 0.15) is 25.7 Å². The molecule has 0 bridgehead atoms. The van der Waals surface area contributed by atoms with Crippen LogP contribution in [0.25, 0.3) is 0 Å². The van der Waals surface area contributed by atoms with Gasteiger partial charge in [-0.3, -0.25) is 9.59 Å². The molecule has 0 aliphatic carbocycles. The molecule has 1 aromatic rings. The second-order valence-electron chi connectivity index (χ2n) is 6.07. The molecule has 3 unspecified atom stereocenters. The third-order valence-electron chi connectivity index (χ3n) is 4.54. The molecule has 0 spiro atoms. The quantitative estimate of drug-likeness (QED) is 0.573. The van der Waals surface area contributed by atoms with E-state index in [-0.39, 0.29) is 11.8 Å². The minimum atomic E-state index is -1.47. The number of amides is 2. The molecule has 1 aromatic carbocycles. The number of benzene rings is 1. The Hall–Kier alpha value is -0.570. The van der Waals surface area contributed by atoms with Gasteiger partial charge in [0, 0.05) is 25.2 Å². The molecule has 1 N–H and O–H groups in total. The highest BCUT2D eigenvalue weighted by atomic mass is 32.8. The Morgan fingerprint density at radius 1 is 1.28 bits per heavy atom. The van der Waals surface area contributed by atoms with Crippen molar-refractivity contribution in [1.82, 2.24) is 3.71 Å². The molecule has 2 amide bonds.